The van der Waals surface area contributed by atoms with E-state index in [0.29, 0.717) is 11.3 Å². The zero-order chi connectivity index (χ0) is 14.1. The summed E-state index contributed by atoms with van der Waals surface area (Å²) in [7, 11) is 0. The van der Waals surface area contributed by atoms with Crippen LogP contribution >= 0.6 is 11.8 Å². The van der Waals surface area contributed by atoms with Crippen LogP contribution in [0.5, 0.6) is 0 Å². The van der Waals surface area contributed by atoms with Crippen LogP contribution in [0.25, 0.3) is 0 Å². The van der Waals surface area contributed by atoms with Crippen molar-refractivity contribution in [3.05, 3.63) is 0 Å². The lowest BCUT2D eigenvalue weighted by molar-refractivity contribution is -0.135. The minimum atomic E-state index is 0.00513. The van der Waals surface area contributed by atoms with E-state index in [0.717, 1.165) is 32.4 Å². The summed E-state index contributed by atoms with van der Waals surface area (Å²) >= 11 is 2.10. The third-order valence-corrected chi connectivity index (χ3v) is 6.68. The summed E-state index contributed by atoms with van der Waals surface area (Å²) in [6, 6.07) is 0.613. The molecule has 2 heterocycles. The van der Waals surface area contributed by atoms with Crippen LogP contribution in [0.1, 0.15) is 47.0 Å². The van der Waals surface area contributed by atoms with Gasteiger partial charge in [0.15, 0.2) is 0 Å². The van der Waals surface area contributed by atoms with Crippen molar-refractivity contribution < 1.29 is 4.74 Å². The lowest BCUT2D eigenvalue weighted by Crippen LogP contribution is -2.65. The van der Waals surface area contributed by atoms with Crippen LogP contribution in [0.4, 0.5) is 0 Å². The van der Waals surface area contributed by atoms with E-state index in [-0.39, 0.29) is 11.1 Å². The van der Waals surface area contributed by atoms with Crippen LogP contribution in [-0.2, 0) is 4.74 Å². The second-order valence-electron chi connectivity index (χ2n) is 6.52. The molecule has 0 aliphatic carbocycles. The average molecular weight is 286 g/mol. The van der Waals surface area contributed by atoms with Gasteiger partial charge < -0.3 is 10.5 Å². The molecule has 4 heteroatoms. The maximum atomic E-state index is 6.25. The SMILES string of the molecule is CCC1(C)CC(CN)(N2CCSC(C)C2C)CCO1. The van der Waals surface area contributed by atoms with E-state index in [1.54, 1.807) is 0 Å². The average Bonchev–Trinajstić information content (AvgIpc) is 2.42. The van der Waals surface area contributed by atoms with Crippen molar-refractivity contribution in [3.63, 3.8) is 0 Å². The van der Waals surface area contributed by atoms with Crippen LogP contribution in [0.3, 0.4) is 0 Å². The zero-order valence-corrected chi connectivity index (χ0v) is 13.8. The van der Waals surface area contributed by atoms with E-state index in [1.807, 2.05) is 0 Å². The van der Waals surface area contributed by atoms with Crippen molar-refractivity contribution in [2.24, 2.45) is 5.73 Å². The van der Waals surface area contributed by atoms with Gasteiger partial charge in [-0.2, -0.15) is 11.8 Å². The Hall–Kier alpha value is 0.230. The first kappa shape index (κ1) is 15.6. The van der Waals surface area contributed by atoms with Crippen molar-refractivity contribution in [2.75, 3.05) is 25.4 Å². The number of thioether (sulfide) groups is 1. The van der Waals surface area contributed by atoms with Crippen LogP contribution in [0, 0.1) is 0 Å². The fourth-order valence-corrected chi connectivity index (χ4v) is 4.79. The number of nitrogens with zero attached hydrogens (tertiary/aromatic N) is 1. The van der Waals surface area contributed by atoms with Gasteiger partial charge in [0.05, 0.1) is 5.60 Å². The van der Waals surface area contributed by atoms with E-state index in [2.05, 4.69) is 44.4 Å². The van der Waals surface area contributed by atoms with Crippen LogP contribution in [-0.4, -0.2) is 52.8 Å². The molecule has 0 saturated carbocycles. The fraction of sp³-hybridized carbons (Fsp3) is 1.00. The maximum Gasteiger partial charge on any atom is 0.0670 e. The molecule has 0 amide bonds. The highest BCUT2D eigenvalue weighted by Gasteiger charge is 2.48. The molecule has 2 fully saturated rings. The van der Waals surface area contributed by atoms with Gasteiger partial charge in [0.2, 0.25) is 0 Å². The maximum absolute atomic E-state index is 6.25. The highest BCUT2D eigenvalue weighted by atomic mass is 32.2. The van der Waals surface area contributed by atoms with Crippen molar-refractivity contribution >= 4 is 11.8 Å². The van der Waals surface area contributed by atoms with Gasteiger partial charge in [0.1, 0.15) is 0 Å². The molecule has 19 heavy (non-hydrogen) atoms. The molecule has 0 aromatic carbocycles. The normalized spacial score (nSPS) is 45.3. The van der Waals surface area contributed by atoms with E-state index in [9.17, 15) is 0 Å². The Kier molecular flexibility index (Phi) is 4.87. The Labute approximate surface area is 122 Å². The van der Waals surface area contributed by atoms with E-state index in [1.165, 1.54) is 12.3 Å². The van der Waals surface area contributed by atoms with E-state index < -0.39 is 0 Å². The van der Waals surface area contributed by atoms with Crippen molar-refractivity contribution in [3.8, 4) is 0 Å². The molecular weight excluding hydrogens is 256 g/mol. The molecule has 0 radical (unpaired) electrons. The topological polar surface area (TPSA) is 38.5 Å². The molecule has 2 N–H and O–H groups in total. The molecule has 0 aromatic rings. The third-order valence-electron chi connectivity index (χ3n) is 5.34. The van der Waals surface area contributed by atoms with Crippen molar-refractivity contribution in [1.29, 1.82) is 0 Å². The Balaban J connectivity index is 2.21. The van der Waals surface area contributed by atoms with Gasteiger partial charge in [-0.3, -0.25) is 4.90 Å². The Morgan fingerprint density at radius 2 is 2.16 bits per heavy atom. The summed E-state index contributed by atoms with van der Waals surface area (Å²) in [6.45, 7) is 12.0. The molecule has 0 aromatic heterocycles. The molecule has 0 bridgehead atoms. The van der Waals surface area contributed by atoms with Crippen LogP contribution in [0.2, 0.25) is 0 Å². The van der Waals surface area contributed by atoms with Crippen molar-refractivity contribution in [2.45, 2.75) is 69.4 Å². The summed E-state index contributed by atoms with van der Waals surface area (Å²) in [5.41, 5.74) is 6.40. The fourth-order valence-electron chi connectivity index (χ4n) is 3.69. The summed E-state index contributed by atoms with van der Waals surface area (Å²) in [5, 5.41) is 0.702. The Bertz CT molecular complexity index is 315. The first-order valence-corrected chi connectivity index (χ1v) is 8.74. The Morgan fingerprint density at radius 3 is 2.79 bits per heavy atom. The summed E-state index contributed by atoms with van der Waals surface area (Å²) < 4.78 is 6.04. The predicted molar refractivity (Wildman–Crippen MR) is 83.8 cm³/mol. The lowest BCUT2D eigenvalue weighted by Gasteiger charge is -2.55. The van der Waals surface area contributed by atoms with Crippen molar-refractivity contribution in [1.82, 2.24) is 4.90 Å². The standard InChI is InChI=1S/C15H30N2OS/c1-5-14(4)10-15(11-16,6-8-18-14)17-7-9-19-13(3)12(17)2/h12-13H,5-11,16H2,1-4H3. The number of rotatable bonds is 3. The second-order valence-corrected chi connectivity index (χ2v) is 8.00. The molecule has 112 valence electrons. The summed E-state index contributed by atoms with van der Waals surface area (Å²) in [4.78, 5) is 2.70. The van der Waals surface area contributed by atoms with Gasteiger partial charge in [0, 0.05) is 42.3 Å². The van der Waals surface area contributed by atoms with Gasteiger partial charge in [-0.15, -0.1) is 0 Å². The lowest BCUT2D eigenvalue weighted by atomic mass is 9.77. The van der Waals surface area contributed by atoms with Gasteiger partial charge in [-0.05, 0) is 33.1 Å². The molecule has 0 spiro atoms. The van der Waals surface area contributed by atoms with Gasteiger partial charge in [-0.25, -0.2) is 0 Å². The number of ether oxygens (including phenoxy) is 1. The van der Waals surface area contributed by atoms with E-state index >= 15 is 0 Å². The monoisotopic (exact) mass is 286 g/mol. The molecule has 2 saturated heterocycles. The largest absolute Gasteiger partial charge is 0.375 e. The third kappa shape index (κ3) is 2.97. The highest BCUT2D eigenvalue weighted by molar-refractivity contribution is 8.00. The minimum Gasteiger partial charge on any atom is -0.375 e. The Morgan fingerprint density at radius 1 is 1.42 bits per heavy atom. The van der Waals surface area contributed by atoms with Crippen LogP contribution < -0.4 is 5.73 Å². The molecule has 2 aliphatic rings. The number of hydrogen-bond donors (Lipinski definition) is 1. The summed E-state index contributed by atoms with van der Waals surface area (Å²) in [5.74, 6) is 1.23. The minimum absolute atomic E-state index is 0.00513. The van der Waals surface area contributed by atoms with Gasteiger partial charge in [0.25, 0.3) is 0 Å². The van der Waals surface area contributed by atoms with Gasteiger partial charge >= 0.3 is 0 Å². The molecule has 2 aliphatic heterocycles. The van der Waals surface area contributed by atoms with Crippen LogP contribution in [0.15, 0.2) is 0 Å². The molecule has 4 unspecified atom stereocenters. The molecule has 4 atom stereocenters. The first-order chi connectivity index (χ1) is 8.96. The number of hydrogen-bond acceptors (Lipinski definition) is 4. The second kappa shape index (κ2) is 5.92. The summed E-state index contributed by atoms with van der Waals surface area (Å²) in [6.07, 6.45) is 3.23. The molecule has 3 nitrogen and oxygen atoms in total. The smallest absolute Gasteiger partial charge is 0.0670 e. The van der Waals surface area contributed by atoms with Gasteiger partial charge in [-0.1, -0.05) is 13.8 Å². The van der Waals surface area contributed by atoms with E-state index in [4.69, 9.17) is 10.5 Å². The first-order valence-electron chi connectivity index (χ1n) is 7.69. The molecule has 2 rings (SSSR count). The quantitative estimate of drug-likeness (QED) is 0.865. The molecular formula is C15H30N2OS. The predicted octanol–water partition coefficient (Wildman–Crippen LogP) is 2.49. The number of nitrogens with two attached hydrogens (primary N) is 1. The highest BCUT2D eigenvalue weighted by Crippen LogP contribution is 2.41. The zero-order valence-electron chi connectivity index (χ0n) is 12.9.